The fourth-order valence-corrected chi connectivity index (χ4v) is 3.09. The van der Waals surface area contributed by atoms with E-state index in [0.29, 0.717) is 13.1 Å². The minimum atomic E-state index is -5.57. The number of amides is 2. The van der Waals surface area contributed by atoms with Crippen molar-refractivity contribution < 1.29 is 45.8 Å². The van der Waals surface area contributed by atoms with E-state index < -0.39 is 59.8 Å². The van der Waals surface area contributed by atoms with Crippen LogP contribution < -0.4 is 5.32 Å². The van der Waals surface area contributed by atoms with Crippen molar-refractivity contribution in [3.8, 4) is 0 Å². The molecule has 1 saturated heterocycles. The molecule has 1 aliphatic rings. The first kappa shape index (κ1) is 21.8. The average molecular weight is 414 g/mol. The summed E-state index contributed by atoms with van der Waals surface area (Å²) in [5.74, 6) is -4.23. The summed E-state index contributed by atoms with van der Waals surface area (Å²) in [6, 6.07) is -0.145. The molecule has 6 nitrogen and oxygen atoms in total. The zero-order chi connectivity index (χ0) is 21.5. The van der Waals surface area contributed by atoms with Crippen LogP contribution in [0.25, 0.3) is 0 Å². The third-order valence-corrected chi connectivity index (χ3v) is 4.42. The highest BCUT2D eigenvalue weighted by molar-refractivity contribution is 5.83. The van der Waals surface area contributed by atoms with Crippen LogP contribution in [0, 0.1) is 5.92 Å². The second-order valence-corrected chi connectivity index (χ2v) is 6.02. The van der Waals surface area contributed by atoms with E-state index in [1.54, 1.807) is 0 Å². The molecule has 1 heterocycles. The van der Waals surface area contributed by atoms with Gasteiger partial charge in [0.05, 0.1) is 18.2 Å². The molecular formula is C16H16F6N2O4. The number of ether oxygens (including phenoxy) is 1. The molecule has 1 aromatic rings. The molecule has 0 spiro atoms. The molecule has 0 aliphatic carbocycles. The van der Waals surface area contributed by atoms with Crippen LogP contribution in [0.3, 0.4) is 0 Å². The Morgan fingerprint density at radius 1 is 1.25 bits per heavy atom. The zero-order valence-electron chi connectivity index (χ0n) is 14.6. The smallest absolute Gasteiger partial charge is 0.437 e. The molecule has 2 amide bonds. The second kappa shape index (κ2) is 7.15. The molecule has 1 fully saturated rings. The van der Waals surface area contributed by atoms with Gasteiger partial charge in [-0.2, -0.15) is 26.3 Å². The van der Waals surface area contributed by atoms with Crippen molar-refractivity contribution >= 4 is 12.0 Å². The highest BCUT2D eigenvalue weighted by Crippen LogP contribution is 2.48. The summed E-state index contributed by atoms with van der Waals surface area (Å²) in [5, 5.41) is 12.3. The topological polar surface area (TPSA) is 78.9 Å². The average Bonchev–Trinajstić information content (AvgIpc) is 2.57. The van der Waals surface area contributed by atoms with Gasteiger partial charge in [-0.3, -0.25) is 9.69 Å². The maximum absolute atomic E-state index is 13.7. The number of rotatable bonds is 3. The van der Waals surface area contributed by atoms with Crippen LogP contribution in [0.5, 0.6) is 0 Å². The Balaban J connectivity index is 2.75. The number of nitrogens with zero attached hydrogens (tertiary/aromatic N) is 1. The van der Waals surface area contributed by atoms with Crippen LogP contribution in [0.1, 0.15) is 24.1 Å². The summed E-state index contributed by atoms with van der Waals surface area (Å²) in [4.78, 5) is 24.2. The third-order valence-electron chi connectivity index (χ3n) is 4.42. The fraction of sp³-hybridized carbons (Fsp3) is 0.500. The largest absolute Gasteiger partial charge is 0.466 e. The quantitative estimate of drug-likeness (QED) is 0.589. The summed E-state index contributed by atoms with van der Waals surface area (Å²) >= 11 is 0. The van der Waals surface area contributed by atoms with Gasteiger partial charge < -0.3 is 15.2 Å². The molecule has 28 heavy (non-hydrogen) atoms. The van der Waals surface area contributed by atoms with Gasteiger partial charge >= 0.3 is 24.4 Å². The van der Waals surface area contributed by atoms with Gasteiger partial charge in [0, 0.05) is 7.05 Å². The Kier molecular flexibility index (Phi) is 5.57. The molecule has 2 N–H and O–H groups in total. The van der Waals surface area contributed by atoms with Gasteiger partial charge in [-0.25, -0.2) is 4.79 Å². The fourth-order valence-electron chi connectivity index (χ4n) is 3.09. The first-order valence-electron chi connectivity index (χ1n) is 7.93. The van der Waals surface area contributed by atoms with Crippen molar-refractivity contribution in [1.29, 1.82) is 0 Å². The number of aliphatic hydroxyl groups is 1. The van der Waals surface area contributed by atoms with Gasteiger partial charge in [-0.1, -0.05) is 18.2 Å². The summed E-state index contributed by atoms with van der Waals surface area (Å²) < 4.78 is 85.8. The monoisotopic (exact) mass is 414 g/mol. The van der Waals surface area contributed by atoms with Gasteiger partial charge in [-0.05, 0) is 18.6 Å². The van der Waals surface area contributed by atoms with E-state index in [1.807, 2.05) is 5.32 Å². The normalized spacial score (nSPS) is 26.0. The SMILES string of the molecule is CCOC(=O)[C@@H]1[C@H](c2ccccc2C(F)(F)F)NC(=O)N(C)[C@@]1(O)C(F)(F)F. The van der Waals surface area contributed by atoms with Gasteiger partial charge in [-0.15, -0.1) is 0 Å². The van der Waals surface area contributed by atoms with Crippen molar-refractivity contribution in [3.05, 3.63) is 35.4 Å². The van der Waals surface area contributed by atoms with Crippen LogP contribution in [0.4, 0.5) is 31.1 Å². The molecule has 0 bridgehead atoms. The summed E-state index contributed by atoms with van der Waals surface area (Å²) in [6.07, 6.45) is -10.6. The Morgan fingerprint density at radius 3 is 2.32 bits per heavy atom. The van der Waals surface area contributed by atoms with E-state index in [4.69, 9.17) is 0 Å². The predicted molar refractivity (Wildman–Crippen MR) is 81.6 cm³/mol. The van der Waals surface area contributed by atoms with Crippen LogP contribution in [-0.2, 0) is 15.7 Å². The molecule has 156 valence electrons. The lowest BCUT2D eigenvalue weighted by Crippen LogP contribution is -2.73. The minimum absolute atomic E-state index is 0.179. The van der Waals surface area contributed by atoms with Gasteiger partial charge in [0.1, 0.15) is 5.92 Å². The standard InChI is InChI=1S/C16H16F6N2O4/c1-3-28-12(25)10-11(8-6-4-5-7-9(8)15(17,18)19)23-13(26)24(2)14(10,27)16(20,21)22/h4-7,10-11,27H,3H2,1-2H3,(H,23,26)/t10-,11-,14-/m0/s1. The minimum Gasteiger partial charge on any atom is -0.466 e. The molecule has 1 aliphatic heterocycles. The molecule has 0 aromatic heterocycles. The molecule has 2 rings (SSSR count). The molecular weight excluding hydrogens is 398 g/mol. The van der Waals surface area contributed by atoms with E-state index in [-0.39, 0.29) is 4.90 Å². The summed E-state index contributed by atoms with van der Waals surface area (Å²) in [7, 11) is 0.570. The Morgan fingerprint density at radius 2 is 1.82 bits per heavy atom. The van der Waals surface area contributed by atoms with E-state index >= 15 is 0 Å². The van der Waals surface area contributed by atoms with E-state index in [1.165, 1.54) is 6.92 Å². The van der Waals surface area contributed by atoms with Crippen LogP contribution in [0.15, 0.2) is 24.3 Å². The zero-order valence-corrected chi connectivity index (χ0v) is 14.6. The molecule has 3 atom stereocenters. The number of halogens is 6. The lowest BCUT2D eigenvalue weighted by atomic mass is 9.79. The molecule has 12 heteroatoms. The first-order chi connectivity index (χ1) is 12.8. The first-order valence-corrected chi connectivity index (χ1v) is 7.93. The van der Waals surface area contributed by atoms with Crippen molar-refractivity contribution in [2.45, 2.75) is 31.0 Å². The number of nitrogens with one attached hydrogen (secondary N) is 1. The maximum Gasteiger partial charge on any atom is 0.437 e. The van der Waals surface area contributed by atoms with Crippen molar-refractivity contribution in [2.24, 2.45) is 5.92 Å². The molecule has 0 radical (unpaired) electrons. The summed E-state index contributed by atoms with van der Waals surface area (Å²) in [5.41, 5.74) is -6.26. The molecule has 0 saturated carbocycles. The Labute approximate surface area is 155 Å². The number of hydrogen-bond acceptors (Lipinski definition) is 4. The number of hydrogen-bond donors (Lipinski definition) is 2. The number of benzene rings is 1. The number of alkyl halides is 6. The van der Waals surface area contributed by atoms with Crippen LogP contribution >= 0.6 is 0 Å². The number of urea groups is 1. The van der Waals surface area contributed by atoms with Crippen molar-refractivity contribution in [3.63, 3.8) is 0 Å². The van der Waals surface area contributed by atoms with Gasteiger partial charge in [0.2, 0.25) is 0 Å². The van der Waals surface area contributed by atoms with Crippen molar-refractivity contribution in [2.75, 3.05) is 13.7 Å². The van der Waals surface area contributed by atoms with Crippen LogP contribution in [-0.4, -0.2) is 47.6 Å². The third kappa shape index (κ3) is 3.48. The Hall–Kier alpha value is -2.50. The lowest BCUT2D eigenvalue weighted by molar-refractivity contribution is -0.328. The number of esters is 1. The van der Waals surface area contributed by atoms with Gasteiger partial charge in [0.15, 0.2) is 0 Å². The highest BCUT2D eigenvalue weighted by Gasteiger charge is 2.70. The van der Waals surface area contributed by atoms with E-state index in [2.05, 4.69) is 4.74 Å². The van der Waals surface area contributed by atoms with E-state index in [9.17, 15) is 41.0 Å². The van der Waals surface area contributed by atoms with Crippen molar-refractivity contribution in [1.82, 2.24) is 10.2 Å². The number of carbonyl (C=O) groups excluding carboxylic acids is 2. The predicted octanol–water partition coefficient (Wildman–Crippen LogP) is 2.83. The lowest BCUT2D eigenvalue weighted by Gasteiger charge is -2.49. The number of carbonyl (C=O) groups is 2. The van der Waals surface area contributed by atoms with Gasteiger partial charge in [0.25, 0.3) is 5.72 Å². The second-order valence-electron chi connectivity index (χ2n) is 6.02. The molecule has 0 unspecified atom stereocenters. The Bertz CT molecular complexity index is 766. The van der Waals surface area contributed by atoms with Crippen LogP contribution in [0.2, 0.25) is 0 Å². The van der Waals surface area contributed by atoms with E-state index in [0.717, 1.165) is 18.2 Å². The highest BCUT2D eigenvalue weighted by atomic mass is 19.4. The molecule has 1 aromatic carbocycles. The summed E-state index contributed by atoms with van der Waals surface area (Å²) in [6.45, 7) is 0.878. The maximum atomic E-state index is 13.7.